The molecule has 0 aliphatic rings. The van der Waals surface area contributed by atoms with Gasteiger partial charge in [0.15, 0.2) is 0 Å². The predicted octanol–water partition coefficient (Wildman–Crippen LogP) is 1.54. The van der Waals surface area contributed by atoms with E-state index in [9.17, 15) is 5.11 Å². The average molecular weight is 262 g/mol. The minimum atomic E-state index is -0.695. The standard InChI is InChI=1S/C13H18N4O2/c1-9(2)17-13(15-8-16-17)6-11(18)10-4-5-14-7-12(10)19-3/h4-5,7-9,11,18H,6H2,1-3H3. The van der Waals surface area contributed by atoms with Crippen LogP contribution in [0.25, 0.3) is 0 Å². The fourth-order valence-electron chi connectivity index (χ4n) is 1.97. The summed E-state index contributed by atoms with van der Waals surface area (Å²) in [6.07, 6.45) is 4.42. The molecular weight excluding hydrogens is 244 g/mol. The summed E-state index contributed by atoms with van der Waals surface area (Å²) in [7, 11) is 1.56. The van der Waals surface area contributed by atoms with Gasteiger partial charge in [0, 0.05) is 24.2 Å². The molecule has 102 valence electrons. The topological polar surface area (TPSA) is 73.1 Å². The van der Waals surface area contributed by atoms with Crippen LogP contribution >= 0.6 is 0 Å². The first kappa shape index (κ1) is 13.5. The maximum atomic E-state index is 10.3. The van der Waals surface area contributed by atoms with Crippen molar-refractivity contribution in [2.45, 2.75) is 32.4 Å². The van der Waals surface area contributed by atoms with Gasteiger partial charge in [0.25, 0.3) is 0 Å². The predicted molar refractivity (Wildman–Crippen MR) is 69.9 cm³/mol. The van der Waals surface area contributed by atoms with Crippen LogP contribution in [-0.4, -0.2) is 32.0 Å². The quantitative estimate of drug-likeness (QED) is 0.884. The van der Waals surface area contributed by atoms with E-state index < -0.39 is 6.10 Å². The van der Waals surface area contributed by atoms with Crippen LogP contribution in [0.3, 0.4) is 0 Å². The summed E-state index contributed by atoms with van der Waals surface area (Å²) >= 11 is 0. The second-order valence-electron chi connectivity index (χ2n) is 4.55. The normalized spacial score (nSPS) is 12.7. The molecule has 0 bridgehead atoms. The molecule has 6 heteroatoms. The highest BCUT2D eigenvalue weighted by molar-refractivity contribution is 5.32. The number of hydrogen-bond donors (Lipinski definition) is 1. The molecule has 1 unspecified atom stereocenters. The van der Waals surface area contributed by atoms with Gasteiger partial charge in [-0.05, 0) is 19.9 Å². The second kappa shape index (κ2) is 5.79. The Balaban J connectivity index is 2.21. The highest BCUT2D eigenvalue weighted by Gasteiger charge is 2.17. The summed E-state index contributed by atoms with van der Waals surface area (Å²) in [5, 5.41) is 14.5. The van der Waals surface area contributed by atoms with Crippen molar-refractivity contribution in [3.8, 4) is 5.75 Å². The van der Waals surface area contributed by atoms with Crippen LogP contribution in [0.5, 0.6) is 5.75 Å². The lowest BCUT2D eigenvalue weighted by molar-refractivity contribution is 0.169. The van der Waals surface area contributed by atoms with E-state index in [0.717, 1.165) is 5.82 Å². The number of nitrogens with zero attached hydrogens (tertiary/aromatic N) is 4. The van der Waals surface area contributed by atoms with Crippen molar-refractivity contribution in [1.29, 1.82) is 0 Å². The molecule has 6 nitrogen and oxygen atoms in total. The van der Waals surface area contributed by atoms with Gasteiger partial charge in [-0.1, -0.05) is 0 Å². The first-order valence-corrected chi connectivity index (χ1v) is 6.17. The largest absolute Gasteiger partial charge is 0.495 e. The lowest BCUT2D eigenvalue weighted by atomic mass is 10.1. The minimum Gasteiger partial charge on any atom is -0.495 e. The number of aliphatic hydroxyl groups is 1. The molecule has 0 aliphatic heterocycles. The summed E-state index contributed by atoms with van der Waals surface area (Å²) in [5.41, 5.74) is 0.704. The number of hydrogen-bond acceptors (Lipinski definition) is 5. The molecule has 0 fully saturated rings. The SMILES string of the molecule is COc1cnccc1C(O)Cc1ncnn1C(C)C. The molecule has 2 aromatic heterocycles. The molecule has 2 aromatic rings. The fraction of sp³-hybridized carbons (Fsp3) is 0.462. The van der Waals surface area contributed by atoms with Gasteiger partial charge in [-0.15, -0.1) is 0 Å². The van der Waals surface area contributed by atoms with Gasteiger partial charge in [-0.2, -0.15) is 5.10 Å². The van der Waals surface area contributed by atoms with E-state index in [0.29, 0.717) is 17.7 Å². The van der Waals surface area contributed by atoms with Gasteiger partial charge in [-0.25, -0.2) is 9.67 Å². The highest BCUT2D eigenvalue weighted by Crippen LogP contribution is 2.26. The summed E-state index contributed by atoms with van der Waals surface area (Å²) in [6, 6.07) is 1.96. The summed E-state index contributed by atoms with van der Waals surface area (Å²) in [6.45, 7) is 4.05. The molecular formula is C13H18N4O2. The van der Waals surface area contributed by atoms with Crippen LogP contribution in [0.4, 0.5) is 0 Å². The van der Waals surface area contributed by atoms with Crippen molar-refractivity contribution >= 4 is 0 Å². The number of ether oxygens (including phenoxy) is 1. The van der Waals surface area contributed by atoms with Gasteiger partial charge >= 0.3 is 0 Å². The van der Waals surface area contributed by atoms with Crippen molar-refractivity contribution in [3.05, 3.63) is 36.2 Å². The van der Waals surface area contributed by atoms with Gasteiger partial charge in [0.2, 0.25) is 0 Å². The molecule has 19 heavy (non-hydrogen) atoms. The summed E-state index contributed by atoms with van der Waals surface area (Å²) < 4.78 is 7.00. The minimum absolute atomic E-state index is 0.212. The van der Waals surface area contributed by atoms with E-state index in [1.807, 2.05) is 13.8 Å². The van der Waals surface area contributed by atoms with Crippen molar-refractivity contribution < 1.29 is 9.84 Å². The zero-order chi connectivity index (χ0) is 13.8. The number of aliphatic hydroxyl groups excluding tert-OH is 1. The van der Waals surface area contributed by atoms with E-state index in [1.54, 1.807) is 30.3 Å². The first-order valence-electron chi connectivity index (χ1n) is 6.17. The Labute approximate surface area is 112 Å². The molecule has 0 amide bonds. The van der Waals surface area contributed by atoms with Crippen molar-refractivity contribution in [3.63, 3.8) is 0 Å². The second-order valence-corrected chi connectivity index (χ2v) is 4.55. The van der Waals surface area contributed by atoms with Gasteiger partial charge in [0.1, 0.15) is 17.9 Å². The molecule has 1 atom stereocenters. The van der Waals surface area contributed by atoms with Crippen LogP contribution in [0.1, 0.15) is 37.4 Å². The zero-order valence-electron chi connectivity index (χ0n) is 11.3. The van der Waals surface area contributed by atoms with E-state index in [4.69, 9.17) is 4.74 Å². The van der Waals surface area contributed by atoms with Gasteiger partial charge in [-0.3, -0.25) is 4.98 Å². The molecule has 0 spiro atoms. The van der Waals surface area contributed by atoms with Crippen molar-refractivity contribution in [1.82, 2.24) is 19.7 Å². The lowest BCUT2D eigenvalue weighted by Gasteiger charge is -2.15. The lowest BCUT2D eigenvalue weighted by Crippen LogP contribution is -2.12. The Morgan fingerprint density at radius 2 is 2.21 bits per heavy atom. The number of rotatable bonds is 5. The van der Waals surface area contributed by atoms with Crippen LogP contribution < -0.4 is 4.74 Å². The molecule has 2 heterocycles. The molecule has 0 aromatic carbocycles. The van der Waals surface area contributed by atoms with Gasteiger partial charge < -0.3 is 9.84 Å². The van der Waals surface area contributed by atoms with Crippen LogP contribution in [0, 0.1) is 0 Å². The molecule has 0 radical (unpaired) electrons. The molecule has 0 saturated carbocycles. The number of methoxy groups -OCH3 is 1. The van der Waals surface area contributed by atoms with E-state index in [2.05, 4.69) is 15.1 Å². The fourth-order valence-corrected chi connectivity index (χ4v) is 1.97. The Morgan fingerprint density at radius 1 is 1.42 bits per heavy atom. The average Bonchev–Trinajstić information content (AvgIpc) is 2.87. The number of pyridine rings is 1. The molecule has 2 rings (SSSR count). The third-order valence-corrected chi connectivity index (χ3v) is 2.91. The molecule has 0 saturated heterocycles. The Kier molecular flexibility index (Phi) is 4.11. The van der Waals surface area contributed by atoms with Crippen LogP contribution in [-0.2, 0) is 6.42 Å². The summed E-state index contributed by atoms with van der Waals surface area (Å²) in [4.78, 5) is 8.17. The zero-order valence-corrected chi connectivity index (χ0v) is 11.3. The van der Waals surface area contributed by atoms with E-state index >= 15 is 0 Å². The van der Waals surface area contributed by atoms with Crippen LogP contribution in [0.15, 0.2) is 24.8 Å². The Bertz CT molecular complexity index is 539. The van der Waals surface area contributed by atoms with Crippen molar-refractivity contribution in [2.75, 3.05) is 7.11 Å². The molecule has 1 N–H and O–H groups in total. The monoisotopic (exact) mass is 262 g/mol. The van der Waals surface area contributed by atoms with E-state index in [-0.39, 0.29) is 6.04 Å². The van der Waals surface area contributed by atoms with Gasteiger partial charge in [0.05, 0.1) is 19.4 Å². The Morgan fingerprint density at radius 3 is 2.89 bits per heavy atom. The Hall–Kier alpha value is -1.95. The third-order valence-electron chi connectivity index (χ3n) is 2.91. The smallest absolute Gasteiger partial charge is 0.142 e. The first-order chi connectivity index (χ1) is 9.13. The summed E-state index contributed by atoms with van der Waals surface area (Å²) in [5.74, 6) is 1.33. The van der Waals surface area contributed by atoms with Crippen molar-refractivity contribution in [2.24, 2.45) is 0 Å². The third kappa shape index (κ3) is 2.90. The molecule has 0 aliphatic carbocycles. The van der Waals surface area contributed by atoms with E-state index in [1.165, 1.54) is 6.33 Å². The highest BCUT2D eigenvalue weighted by atomic mass is 16.5. The number of aromatic nitrogens is 4. The maximum Gasteiger partial charge on any atom is 0.142 e. The maximum absolute atomic E-state index is 10.3. The van der Waals surface area contributed by atoms with Crippen LogP contribution in [0.2, 0.25) is 0 Å².